The summed E-state index contributed by atoms with van der Waals surface area (Å²) in [5.41, 5.74) is 0. The second kappa shape index (κ2) is 5.82. The third-order valence-corrected chi connectivity index (χ3v) is 5.77. The number of hydrogen-bond acceptors (Lipinski definition) is 4. The highest BCUT2D eigenvalue weighted by atomic mass is 35.5. The number of halogens is 1. The standard InChI is InChI=1S/C13H16ClNO5S/c1-8-5-6-15(12(8)13(16)17)21(18,19)11-4-3-9(14)7-10(11)20-2/h3-4,7-8,12H,5-6H2,1-2H3,(H,16,17). The summed E-state index contributed by atoms with van der Waals surface area (Å²) in [6, 6.07) is 3.10. The Bertz CT molecular complexity index is 661. The van der Waals surface area contributed by atoms with Crippen molar-refractivity contribution < 1.29 is 23.1 Å². The number of carboxylic acid groups (broad SMARTS) is 1. The minimum atomic E-state index is -3.96. The molecule has 1 N–H and O–H groups in total. The number of ether oxygens (including phenoxy) is 1. The third-order valence-electron chi connectivity index (χ3n) is 3.62. The molecule has 1 fully saturated rings. The molecule has 1 heterocycles. The largest absolute Gasteiger partial charge is 0.495 e. The SMILES string of the molecule is COc1cc(Cl)ccc1S(=O)(=O)N1CCC(C)C1C(=O)O. The van der Waals surface area contributed by atoms with Crippen LogP contribution in [-0.4, -0.2) is 43.5 Å². The number of carbonyl (C=O) groups is 1. The molecule has 1 aromatic rings. The Morgan fingerprint density at radius 2 is 2.14 bits per heavy atom. The maximum Gasteiger partial charge on any atom is 0.322 e. The van der Waals surface area contributed by atoms with E-state index in [0.29, 0.717) is 11.4 Å². The molecule has 0 radical (unpaired) electrons. The average molecular weight is 334 g/mol. The van der Waals surface area contributed by atoms with Gasteiger partial charge in [-0.2, -0.15) is 4.31 Å². The van der Waals surface area contributed by atoms with Crippen LogP contribution in [0.3, 0.4) is 0 Å². The van der Waals surface area contributed by atoms with Crippen LogP contribution in [0, 0.1) is 5.92 Å². The minimum absolute atomic E-state index is 0.0743. The first-order valence-corrected chi connectivity index (χ1v) is 8.19. The summed E-state index contributed by atoms with van der Waals surface area (Å²) >= 11 is 5.83. The monoisotopic (exact) mass is 333 g/mol. The summed E-state index contributed by atoms with van der Waals surface area (Å²) in [4.78, 5) is 11.3. The Morgan fingerprint density at radius 1 is 1.48 bits per heavy atom. The lowest BCUT2D eigenvalue weighted by Gasteiger charge is -2.23. The van der Waals surface area contributed by atoms with Crippen LogP contribution in [0.2, 0.25) is 5.02 Å². The van der Waals surface area contributed by atoms with Gasteiger partial charge in [-0.3, -0.25) is 4.79 Å². The van der Waals surface area contributed by atoms with Crippen molar-refractivity contribution in [3.8, 4) is 5.75 Å². The van der Waals surface area contributed by atoms with Gasteiger partial charge in [0.25, 0.3) is 0 Å². The van der Waals surface area contributed by atoms with Crippen LogP contribution < -0.4 is 4.74 Å². The summed E-state index contributed by atoms with van der Waals surface area (Å²) < 4.78 is 31.5. The van der Waals surface area contributed by atoms with E-state index < -0.39 is 22.0 Å². The van der Waals surface area contributed by atoms with Gasteiger partial charge >= 0.3 is 5.97 Å². The Hall–Kier alpha value is -1.31. The molecule has 2 unspecified atom stereocenters. The molecule has 116 valence electrons. The Balaban J connectivity index is 2.50. The van der Waals surface area contributed by atoms with Gasteiger partial charge in [-0.05, 0) is 24.5 Å². The maximum absolute atomic E-state index is 12.7. The number of sulfonamides is 1. The first kappa shape index (κ1) is 16.1. The molecular weight excluding hydrogens is 318 g/mol. The minimum Gasteiger partial charge on any atom is -0.495 e. The normalized spacial score (nSPS) is 23.2. The molecule has 2 atom stereocenters. The fourth-order valence-electron chi connectivity index (χ4n) is 2.53. The number of hydrogen-bond donors (Lipinski definition) is 1. The molecule has 1 saturated heterocycles. The van der Waals surface area contributed by atoms with Gasteiger partial charge in [-0.1, -0.05) is 18.5 Å². The summed E-state index contributed by atoms with van der Waals surface area (Å²) in [5, 5.41) is 9.62. The van der Waals surface area contributed by atoms with Crippen molar-refractivity contribution in [1.82, 2.24) is 4.31 Å². The molecule has 1 aliphatic rings. The second-order valence-corrected chi connectivity index (χ2v) is 7.26. The first-order chi connectivity index (χ1) is 9.78. The molecule has 1 aromatic carbocycles. The molecule has 0 bridgehead atoms. The van der Waals surface area contributed by atoms with Crippen molar-refractivity contribution in [3.63, 3.8) is 0 Å². The van der Waals surface area contributed by atoms with Crippen LogP contribution in [0.15, 0.2) is 23.1 Å². The Kier molecular flexibility index (Phi) is 4.46. The zero-order valence-corrected chi connectivity index (χ0v) is 13.2. The van der Waals surface area contributed by atoms with E-state index in [1.54, 1.807) is 6.92 Å². The van der Waals surface area contributed by atoms with E-state index >= 15 is 0 Å². The van der Waals surface area contributed by atoms with Crippen molar-refractivity contribution in [2.24, 2.45) is 5.92 Å². The van der Waals surface area contributed by atoms with Crippen molar-refractivity contribution in [3.05, 3.63) is 23.2 Å². The third kappa shape index (κ3) is 2.86. The van der Waals surface area contributed by atoms with E-state index in [0.717, 1.165) is 4.31 Å². The second-order valence-electron chi connectivity index (χ2n) is 4.96. The average Bonchev–Trinajstić information content (AvgIpc) is 2.81. The van der Waals surface area contributed by atoms with E-state index in [1.165, 1.54) is 25.3 Å². The highest BCUT2D eigenvalue weighted by Crippen LogP contribution is 2.35. The zero-order valence-electron chi connectivity index (χ0n) is 11.6. The van der Waals surface area contributed by atoms with Gasteiger partial charge in [0.1, 0.15) is 16.7 Å². The van der Waals surface area contributed by atoms with Crippen molar-refractivity contribution in [2.45, 2.75) is 24.3 Å². The van der Waals surface area contributed by atoms with E-state index in [4.69, 9.17) is 16.3 Å². The quantitative estimate of drug-likeness (QED) is 0.908. The lowest BCUT2D eigenvalue weighted by atomic mass is 10.0. The van der Waals surface area contributed by atoms with Crippen molar-refractivity contribution in [2.75, 3.05) is 13.7 Å². The van der Waals surface area contributed by atoms with E-state index in [-0.39, 0.29) is 23.1 Å². The molecule has 0 saturated carbocycles. The van der Waals surface area contributed by atoms with Gasteiger partial charge in [-0.25, -0.2) is 8.42 Å². The molecule has 2 rings (SSSR count). The lowest BCUT2D eigenvalue weighted by Crippen LogP contribution is -2.42. The summed E-state index contributed by atoms with van der Waals surface area (Å²) in [6.45, 7) is 1.90. The Labute approximate surface area is 128 Å². The number of aliphatic carboxylic acids is 1. The van der Waals surface area contributed by atoms with Crippen LogP contribution >= 0.6 is 11.6 Å². The van der Waals surface area contributed by atoms with Crippen molar-refractivity contribution in [1.29, 1.82) is 0 Å². The smallest absolute Gasteiger partial charge is 0.322 e. The van der Waals surface area contributed by atoms with Crippen LogP contribution in [0.25, 0.3) is 0 Å². The molecule has 1 aliphatic heterocycles. The van der Waals surface area contributed by atoms with Gasteiger partial charge in [-0.15, -0.1) is 0 Å². The van der Waals surface area contributed by atoms with Gasteiger partial charge in [0.05, 0.1) is 7.11 Å². The number of carboxylic acids is 1. The van der Waals surface area contributed by atoms with Gasteiger partial charge in [0, 0.05) is 17.6 Å². The van der Waals surface area contributed by atoms with E-state index in [1.807, 2.05) is 0 Å². The highest BCUT2D eigenvalue weighted by Gasteiger charge is 2.44. The van der Waals surface area contributed by atoms with Crippen LogP contribution in [0.1, 0.15) is 13.3 Å². The predicted octanol–water partition coefficient (Wildman–Crippen LogP) is 1.83. The number of benzene rings is 1. The molecule has 8 heteroatoms. The van der Waals surface area contributed by atoms with Crippen LogP contribution in [0.5, 0.6) is 5.75 Å². The predicted molar refractivity (Wildman–Crippen MR) is 77.1 cm³/mol. The maximum atomic E-state index is 12.7. The lowest BCUT2D eigenvalue weighted by molar-refractivity contribution is -0.141. The summed E-state index contributed by atoms with van der Waals surface area (Å²) in [6.07, 6.45) is 0.506. The fourth-order valence-corrected chi connectivity index (χ4v) is 4.52. The van der Waals surface area contributed by atoms with E-state index in [9.17, 15) is 18.3 Å². The van der Waals surface area contributed by atoms with Gasteiger partial charge < -0.3 is 9.84 Å². The van der Waals surface area contributed by atoms with Crippen LogP contribution in [0.4, 0.5) is 0 Å². The van der Waals surface area contributed by atoms with Gasteiger partial charge in [0.2, 0.25) is 10.0 Å². The number of methoxy groups -OCH3 is 1. The molecule has 0 spiro atoms. The molecular formula is C13H16ClNO5S. The van der Waals surface area contributed by atoms with Gasteiger partial charge in [0.15, 0.2) is 0 Å². The molecule has 6 nitrogen and oxygen atoms in total. The van der Waals surface area contributed by atoms with Crippen molar-refractivity contribution >= 4 is 27.6 Å². The fraction of sp³-hybridized carbons (Fsp3) is 0.462. The molecule has 0 aromatic heterocycles. The summed E-state index contributed by atoms with van der Waals surface area (Å²) in [7, 11) is -2.62. The first-order valence-electron chi connectivity index (χ1n) is 6.37. The topological polar surface area (TPSA) is 83.9 Å². The number of rotatable bonds is 4. The number of nitrogens with zero attached hydrogens (tertiary/aromatic N) is 1. The molecule has 0 amide bonds. The molecule has 0 aliphatic carbocycles. The molecule has 21 heavy (non-hydrogen) atoms. The zero-order chi connectivity index (χ0) is 15.8. The summed E-state index contributed by atoms with van der Waals surface area (Å²) in [5.74, 6) is -1.28. The van der Waals surface area contributed by atoms with Crippen LogP contribution in [-0.2, 0) is 14.8 Å². The highest BCUT2D eigenvalue weighted by molar-refractivity contribution is 7.89. The van der Waals surface area contributed by atoms with E-state index in [2.05, 4.69) is 0 Å². The Morgan fingerprint density at radius 3 is 2.71 bits per heavy atom.